The van der Waals surface area contributed by atoms with Crippen LogP contribution in [-0.2, 0) is 6.54 Å². The topological polar surface area (TPSA) is 52.0 Å². The molecule has 78 valence electrons. The van der Waals surface area contributed by atoms with Gasteiger partial charge in [0.1, 0.15) is 0 Å². The Balaban J connectivity index is 2.44. The summed E-state index contributed by atoms with van der Waals surface area (Å²) in [6.07, 6.45) is 1.65. The van der Waals surface area contributed by atoms with Crippen molar-refractivity contribution in [1.82, 2.24) is 4.98 Å². The van der Waals surface area contributed by atoms with E-state index in [1.54, 1.807) is 12.3 Å². The van der Waals surface area contributed by atoms with E-state index in [1.165, 1.54) is 0 Å². The van der Waals surface area contributed by atoms with Crippen LogP contribution in [0, 0.1) is 0 Å². The minimum atomic E-state index is 0.297. The highest BCUT2D eigenvalue weighted by atomic mass is 79.9. The molecule has 2 aromatic rings. The van der Waals surface area contributed by atoms with Crippen LogP contribution in [0.2, 0.25) is 5.02 Å². The molecule has 15 heavy (non-hydrogen) atoms. The van der Waals surface area contributed by atoms with Crippen molar-refractivity contribution in [1.29, 1.82) is 0 Å². The Morgan fingerprint density at radius 1 is 1.47 bits per heavy atom. The standard InChI is InChI=1S/C10H8BrClN2O/c11-8-3-6(12)1-2-7(8)9-5-14-10(4-13)15-9/h1-3,5H,4,13H2. The van der Waals surface area contributed by atoms with Crippen LogP contribution in [0.3, 0.4) is 0 Å². The van der Waals surface area contributed by atoms with Gasteiger partial charge >= 0.3 is 0 Å². The molecule has 0 aliphatic heterocycles. The molecule has 0 bridgehead atoms. The summed E-state index contributed by atoms with van der Waals surface area (Å²) in [6.45, 7) is 0.297. The van der Waals surface area contributed by atoms with Gasteiger partial charge in [-0.1, -0.05) is 11.6 Å². The van der Waals surface area contributed by atoms with Crippen molar-refractivity contribution in [2.45, 2.75) is 6.54 Å². The third kappa shape index (κ3) is 2.22. The van der Waals surface area contributed by atoms with Crippen molar-refractivity contribution < 1.29 is 4.42 Å². The summed E-state index contributed by atoms with van der Waals surface area (Å²) in [6, 6.07) is 5.47. The van der Waals surface area contributed by atoms with Gasteiger partial charge in [-0.15, -0.1) is 0 Å². The third-order valence-corrected chi connectivity index (χ3v) is 2.82. The highest BCUT2D eigenvalue weighted by Gasteiger charge is 2.08. The maximum atomic E-state index is 5.84. The predicted octanol–water partition coefficient (Wildman–Crippen LogP) is 3.22. The van der Waals surface area contributed by atoms with E-state index in [0.717, 1.165) is 10.0 Å². The van der Waals surface area contributed by atoms with E-state index >= 15 is 0 Å². The quantitative estimate of drug-likeness (QED) is 0.922. The van der Waals surface area contributed by atoms with Crippen molar-refractivity contribution in [2.75, 3.05) is 0 Å². The van der Waals surface area contributed by atoms with Gasteiger partial charge in [-0.2, -0.15) is 0 Å². The zero-order chi connectivity index (χ0) is 10.8. The second-order valence-corrected chi connectivity index (χ2v) is 4.24. The minimum absolute atomic E-state index is 0.297. The van der Waals surface area contributed by atoms with Crippen LogP contribution in [0.15, 0.2) is 33.3 Å². The van der Waals surface area contributed by atoms with Gasteiger partial charge in [0.05, 0.1) is 12.7 Å². The fourth-order valence-corrected chi connectivity index (χ4v) is 2.10. The molecule has 0 amide bonds. The van der Waals surface area contributed by atoms with Crippen LogP contribution < -0.4 is 5.73 Å². The molecule has 0 aliphatic rings. The lowest BCUT2D eigenvalue weighted by molar-refractivity contribution is 0.509. The van der Waals surface area contributed by atoms with Crippen molar-refractivity contribution in [3.63, 3.8) is 0 Å². The smallest absolute Gasteiger partial charge is 0.208 e. The van der Waals surface area contributed by atoms with Crippen LogP contribution in [-0.4, -0.2) is 4.98 Å². The monoisotopic (exact) mass is 286 g/mol. The van der Waals surface area contributed by atoms with Crippen LogP contribution in [0.4, 0.5) is 0 Å². The zero-order valence-corrected chi connectivity index (χ0v) is 10.0. The van der Waals surface area contributed by atoms with E-state index in [9.17, 15) is 0 Å². The number of benzene rings is 1. The summed E-state index contributed by atoms with van der Waals surface area (Å²) in [5.41, 5.74) is 6.32. The first-order valence-electron chi connectivity index (χ1n) is 4.31. The zero-order valence-electron chi connectivity index (χ0n) is 7.71. The van der Waals surface area contributed by atoms with Crippen LogP contribution in [0.5, 0.6) is 0 Å². The average molecular weight is 288 g/mol. The van der Waals surface area contributed by atoms with Crippen molar-refractivity contribution >= 4 is 27.5 Å². The molecule has 2 rings (SSSR count). The number of halogens is 2. The molecule has 3 nitrogen and oxygen atoms in total. The first-order valence-corrected chi connectivity index (χ1v) is 5.48. The molecule has 1 heterocycles. The number of hydrogen-bond donors (Lipinski definition) is 1. The Morgan fingerprint density at radius 3 is 2.87 bits per heavy atom. The summed E-state index contributed by atoms with van der Waals surface area (Å²) >= 11 is 9.25. The van der Waals surface area contributed by atoms with Crippen molar-refractivity contribution in [3.05, 3.63) is 39.8 Å². The Morgan fingerprint density at radius 2 is 2.27 bits per heavy atom. The minimum Gasteiger partial charge on any atom is -0.439 e. The molecule has 0 atom stereocenters. The van der Waals surface area contributed by atoms with E-state index in [1.807, 2.05) is 12.1 Å². The maximum absolute atomic E-state index is 5.84. The predicted molar refractivity (Wildman–Crippen MR) is 62.5 cm³/mol. The number of nitrogens with two attached hydrogens (primary N) is 1. The molecule has 0 spiro atoms. The molecule has 1 aromatic heterocycles. The van der Waals surface area contributed by atoms with E-state index in [2.05, 4.69) is 20.9 Å². The molecular formula is C10H8BrClN2O. The molecule has 0 saturated carbocycles. The van der Waals surface area contributed by atoms with E-state index in [0.29, 0.717) is 23.2 Å². The van der Waals surface area contributed by atoms with Crippen LogP contribution in [0.1, 0.15) is 5.89 Å². The van der Waals surface area contributed by atoms with Gasteiger partial charge in [-0.3, -0.25) is 0 Å². The van der Waals surface area contributed by atoms with Crippen molar-refractivity contribution in [3.8, 4) is 11.3 Å². The van der Waals surface area contributed by atoms with Crippen molar-refractivity contribution in [2.24, 2.45) is 5.73 Å². The number of nitrogens with zero attached hydrogens (tertiary/aromatic N) is 1. The summed E-state index contributed by atoms with van der Waals surface area (Å²) < 4.78 is 6.30. The first kappa shape index (κ1) is 10.7. The summed E-state index contributed by atoms with van der Waals surface area (Å²) in [4.78, 5) is 4.03. The summed E-state index contributed by atoms with van der Waals surface area (Å²) in [5, 5.41) is 0.671. The highest BCUT2D eigenvalue weighted by molar-refractivity contribution is 9.10. The maximum Gasteiger partial charge on any atom is 0.208 e. The molecule has 0 aliphatic carbocycles. The molecule has 0 unspecified atom stereocenters. The molecule has 1 aromatic carbocycles. The number of oxazole rings is 1. The Bertz CT molecular complexity index is 484. The van der Waals surface area contributed by atoms with Gasteiger partial charge in [0.25, 0.3) is 0 Å². The van der Waals surface area contributed by atoms with E-state index in [-0.39, 0.29) is 0 Å². The van der Waals surface area contributed by atoms with Crippen LogP contribution in [0.25, 0.3) is 11.3 Å². The highest BCUT2D eigenvalue weighted by Crippen LogP contribution is 2.30. The SMILES string of the molecule is NCc1ncc(-c2ccc(Cl)cc2Br)o1. The van der Waals surface area contributed by atoms with Gasteiger partial charge in [-0.25, -0.2) is 4.98 Å². The molecule has 0 radical (unpaired) electrons. The molecule has 5 heteroatoms. The van der Waals surface area contributed by atoms with Gasteiger partial charge in [0, 0.05) is 15.1 Å². The Kier molecular flexibility index (Phi) is 3.09. The molecular weight excluding hydrogens is 279 g/mol. The van der Waals surface area contributed by atoms with Crippen LogP contribution >= 0.6 is 27.5 Å². The summed E-state index contributed by atoms with van der Waals surface area (Å²) in [5.74, 6) is 1.20. The fraction of sp³-hybridized carbons (Fsp3) is 0.100. The molecule has 0 fully saturated rings. The fourth-order valence-electron chi connectivity index (χ4n) is 1.22. The normalized spacial score (nSPS) is 10.6. The largest absolute Gasteiger partial charge is 0.439 e. The lowest BCUT2D eigenvalue weighted by atomic mass is 10.2. The number of aromatic nitrogens is 1. The second kappa shape index (κ2) is 4.35. The average Bonchev–Trinajstić information content (AvgIpc) is 2.66. The van der Waals surface area contributed by atoms with Gasteiger partial charge in [-0.05, 0) is 34.1 Å². The first-order chi connectivity index (χ1) is 7.20. The Hall–Kier alpha value is -0.840. The summed E-state index contributed by atoms with van der Waals surface area (Å²) in [7, 11) is 0. The van der Waals surface area contributed by atoms with Gasteiger partial charge in [0.2, 0.25) is 5.89 Å². The van der Waals surface area contributed by atoms with Gasteiger partial charge < -0.3 is 10.2 Å². The molecule has 2 N–H and O–H groups in total. The van der Waals surface area contributed by atoms with E-state index < -0.39 is 0 Å². The molecule has 0 saturated heterocycles. The number of rotatable bonds is 2. The lowest BCUT2D eigenvalue weighted by Crippen LogP contribution is -1.94. The lowest BCUT2D eigenvalue weighted by Gasteiger charge is -2.00. The second-order valence-electron chi connectivity index (χ2n) is 2.95. The van der Waals surface area contributed by atoms with E-state index in [4.69, 9.17) is 21.8 Å². The Labute approximate surface area is 100 Å². The number of hydrogen-bond acceptors (Lipinski definition) is 3. The van der Waals surface area contributed by atoms with Gasteiger partial charge in [0.15, 0.2) is 5.76 Å². The third-order valence-electron chi connectivity index (χ3n) is 1.92.